The Morgan fingerprint density at radius 3 is 2.72 bits per heavy atom. The highest BCUT2D eigenvalue weighted by atomic mass is 16.5. The molecule has 1 amide bonds. The molecule has 0 heterocycles. The van der Waals surface area contributed by atoms with Crippen LogP contribution < -0.4 is 14.8 Å². The molecule has 2 aromatic carbocycles. The van der Waals surface area contributed by atoms with Gasteiger partial charge in [-0.3, -0.25) is 4.79 Å². The van der Waals surface area contributed by atoms with E-state index in [-0.39, 0.29) is 5.91 Å². The number of para-hydroxylation sites is 2. The van der Waals surface area contributed by atoms with Gasteiger partial charge >= 0.3 is 0 Å². The van der Waals surface area contributed by atoms with Crippen molar-refractivity contribution in [1.82, 2.24) is 0 Å². The normalized spacial score (nSPS) is 10.7. The highest BCUT2D eigenvalue weighted by Crippen LogP contribution is 2.24. The molecule has 4 nitrogen and oxygen atoms in total. The summed E-state index contributed by atoms with van der Waals surface area (Å²) >= 11 is 0. The van der Waals surface area contributed by atoms with Gasteiger partial charge < -0.3 is 14.8 Å². The second kappa shape index (κ2) is 9.52. The van der Waals surface area contributed by atoms with Crippen LogP contribution in [0.2, 0.25) is 0 Å². The molecule has 0 saturated carbocycles. The van der Waals surface area contributed by atoms with Gasteiger partial charge in [0.05, 0.1) is 19.4 Å². The van der Waals surface area contributed by atoms with Crippen LogP contribution in [0.3, 0.4) is 0 Å². The molecule has 0 aliphatic heterocycles. The number of carbonyl (C=O) groups excluding carboxylic acids is 1. The molecule has 132 valence electrons. The number of aryl methyl sites for hydroxylation is 1. The summed E-state index contributed by atoms with van der Waals surface area (Å²) < 4.78 is 10.9. The molecule has 0 spiro atoms. The van der Waals surface area contributed by atoms with Crippen LogP contribution in [-0.2, 0) is 4.79 Å². The highest BCUT2D eigenvalue weighted by Gasteiger charge is 2.05. The summed E-state index contributed by atoms with van der Waals surface area (Å²) in [6, 6.07) is 13.2. The standard InChI is InChI=1S/C21H25NO3/c1-4-5-14-25-20-9-7-6-8-19(20)22-21(23)13-11-17-10-12-18(24-3)15-16(17)2/h6-13,15H,4-5,14H2,1-3H3,(H,22,23)/b13-11+. The molecule has 2 aromatic rings. The first-order valence-electron chi connectivity index (χ1n) is 8.49. The Kier molecular flexibility index (Phi) is 7.08. The highest BCUT2D eigenvalue weighted by molar-refractivity contribution is 6.02. The molecule has 0 fully saturated rings. The zero-order valence-corrected chi connectivity index (χ0v) is 15.0. The zero-order chi connectivity index (χ0) is 18.1. The number of methoxy groups -OCH3 is 1. The van der Waals surface area contributed by atoms with E-state index in [1.807, 2.05) is 49.4 Å². The van der Waals surface area contributed by atoms with Crippen LogP contribution in [0.4, 0.5) is 5.69 Å². The topological polar surface area (TPSA) is 47.6 Å². The second-order valence-corrected chi connectivity index (χ2v) is 5.74. The molecule has 4 heteroatoms. The predicted octanol–water partition coefficient (Wildman–Crippen LogP) is 4.83. The second-order valence-electron chi connectivity index (χ2n) is 5.74. The minimum atomic E-state index is -0.193. The van der Waals surface area contributed by atoms with Gasteiger partial charge in [-0.1, -0.05) is 31.5 Å². The first-order valence-corrected chi connectivity index (χ1v) is 8.49. The monoisotopic (exact) mass is 339 g/mol. The van der Waals surface area contributed by atoms with Crippen LogP contribution in [0, 0.1) is 6.92 Å². The minimum absolute atomic E-state index is 0.193. The third-order valence-electron chi connectivity index (χ3n) is 3.79. The van der Waals surface area contributed by atoms with E-state index in [1.165, 1.54) is 6.08 Å². The molecule has 1 N–H and O–H groups in total. The fourth-order valence-corrected chi connectivity index (χ4v) is 2.32. The minimum Gasteiger partial charge on any atom is -0.497 e. The maximum atomic E-state index is 12.2. The summed E-state index contributed by atoms with van der Waals surface area (Å²) in [5, 5.41) is 2.87. The van der Waals surface area contributed by atoms with Crippen molar-refractivity contribution in [2.75, 3.05) is 19.0 Å². The quantitative estimate of drug-likeness (QED) is 0.553. The van der Waals surface area contributed by atoms with Gasteiger partial charge in [-0.2, -0.15) is 0 Å². The van der Waals surface area contributed by atoms with Crippen molar-refractivity contribution in [3.63, 3.8) is 0 Å². The molecule has 0 unspecified atom stereocenters. The summed E-state index contributed by atoms with van der Waals surface area (Å²) in [4.78, 5) is 12.2. The van der Waals surface area contributed by atoms with Crippen molar-refractivity contribution >= 4 is 17.7 Å². The van der Waals surface area contributed by atoms with E-state index in [4.69, 9.17) is 9.47 Å². The molecule has 2 rings (SSSR count). The number of benzene rings is 2. The van der Waals surface area contributed by atoms with E-state index in [9.17, 15) is 4.79 Å². The van der Waals surface area contributed by atoms with Crippen LogP contribution in [-0.4, -0.2) is 19.6 Å². The Bertz CT molecular complexity index is 738. The number of carbonyl (C=O) groups is 1. The van der Waals surface area contributed by atoms with Crippen molar-refractivity contribution < 1.29 is 14.3 Å². The van der Waals surface area contributed by atoms with Gasteiger partial charge in [0.2, 0.25) is 5.91 Å². The Labute approximate surface area is 149 Å². The molecule has 0 atom stereocenters. The maximum absolute atomic E-state index is 12.2. The Morgan fingerprint density at radius 2 is 2.00 bits per heavy atom. The van der Waals surface area contributed by atoms with E-state index in [0.717, 1.165) is 29.7 Å². The Hall–Kier alpha value is -2.75. The summed E-state index contributed by atoms with van der Waals surface area (Å²) in [6.45, 7) is 4.74. The van der Waals surface area contributed by atoms with Crippen LogP contribution in [0.5, 0.6) is 11.5 Å². The van der Waals surface area contributed by atoms with E-state index >= 15 is 0 Å². The van der Waals surface area contributed by atoms with E-state index in [1.54, 1.807) is 13.2 Å². The predicted molar refractivity (Wildman–Crippen MR) is 102 cm³/mol. The third kappa shape index (κ3) is 5.68. The van der Waals surface area contributed by atoms with E-state index < -0.39 is 0 Å². The molecule has 0 aliphatic rings. The van der Waals surface area contributed by atoms with Crippen molar-refractivity contribution in [2.24, 2.45) is 0 Å². The van der Waals surface area contributed by atoms with Crippen LogP contribution in [0.25, 0.3) is 6.08 Å². The lowest BCUT2D eigenvalue weighted by molar-refractivity contribution is -0.111. The number of rotatable bonds is 8. The van der Waals surface area contributed by atoms with E-state index in [0.29, 0.717) is 18.0 Å². The number of hydrogen-bond donors (Lipinski definition) is 1. The fraction of sp³-hybridized carbons (Fsp3) is 0.286. The Morgan fingerprint density at radius 1 is 1.20 bits per heavy atom. The molecule has 0 aliphatic carbocycles. The molecular formula is C21H25NO3. The van der Waals surface area contributed by atoms with Crippen LogP contribution >= 0.6 is 0 Å². The number of amides is 1. The van der Waals surface area contributed by atoms with E-state index in [2.05, 4.69) is 12.2 Å². The Balaban J connectivity index is 2.03. The van der Waals surface area contributed by atoms with Gasteiger partial charge in [0.25, 0.3) is 0 Å². The number of ether oxygens (including phenoxy) is 2. The van der Waals surface area contributed by atoms with Gasteiger partial charge in [-0.05, 0) is 54.8 Å². The van der Waals surface area contributed by atoms with Crippen LogP contribution in [0.15, 0.2) is 48.5 Å². The van der Waals surface area contributed by atoms with Crippen molar-refractivity contribution in [2.45, 2.75) is 26.7 Å². The van der Waals surface area contributed by atoms with Gasteiger partial charge in [-0.15, -0.1) is 0 Å². The molecule has 0 aromatic heterocycles. The van der Waals surface area contributed by atoms with Gasteiger partial charge in [0, 0.05) is 6.08 Å². The first kappa shape index (κ1) is 18.6. The number of unbranched alkanes of at least 4 members (excludes halogenated alkanes) is 1. The number of nitrogens with one attached hydrogen (secondary N) is 1. The SMILES string of the molecule is CCCCOc1ccccc1NC(=O)/C=C/c1ccc(OC)cc1C. The maximum Gasteiger partial charge on any atom is 0.248 e. The average Bonchev–Trinajstić information content (AvgIpc) is 2.62. The number of hydrogen-bond acceptors (Lipinski definition) is 3. The summed E-state index contributed by atoms with van der Waals surface area (Å²) in [5.74, 6) is 1.30. The van der Waals surface area contributed by atoms with Gasteiger partial charge in [0.1, 0.15) is 11.5 Å². The fourth-order valence-electron chi connectivity index (χ4n) is 2.32. The third-order valence-corrected chi connectivity index (χ3v) is 3.79. The molecule has 0 radical (unpaired) electrons. The zero-order valence-electron chi connectivity index (χ0n) is 15.0. The molecule has 25 heavy (non-hydrogen) atoms. The molecule has 0 bridgehead atoms. The van der Waals surface area contributed by atoms with Crippen molar-refractivity contribution in [1.29, 1.82) is 0 Å². The summed E-state index contributed by atoms with van der Waals surface area (Å²) in [7, 11) is 1.64. The van der Waals surface area contributed by atoms with Gasteiger partial charge in [-0.25, -0.2) is 0 Å². The lowest BCUT2D eigenvalue weighted by Gasteiger charge is -2.11. The number of anilines is 1. The summed E-state index contributed by atoms with van der Waals surface area (Å²) in [5.41, 5.74) is 2.70. The molecular weight excluding hydrogens is 314 g/mol. The van der Waals surface area contributed by atoms with Crippen LogP contribution in [0.1, 0.15) is 30.9 Å². The smallest absolute Gasteiger partial charge is 0.248 e. The lowest BCUT2D eigenvalue weighted by atomic mass is 10.1. The van der Waals surface area contributed by atoms with Gasteiger partial charge in [0.15, 0.2) is 0 Å². The van der Waals surface area contributed by atoms with Crippen molar-refractivity contribution in [3.8, 4) is 11.5 Å². The first-order chi connectivity index (χ1) is 12.1. The summed E-state index contributed by atoms with van der Waals surface area (Å²) in [6.07, 6.45) is 5.37. The molecule has 0 saturated heterocycles. The largest absolute Gasteiger partial charge is 0.497 e. The van der Waals surface area contributed by atoms with Crippen molar-refractivity contribution in [3.05, 3.63) is 59.7 Å². The lowest BCUT2D eigenvalue weighted by Crippen LogP contribution is -2.09. The average molecular weight is 339 g/mol.